The van der Waals surface area contributed by atoms with Crippen LogP contribution in [0.5, 0.6) is 0 Å². The largest absolute Gasteiger partial charge is 0.372 e. The number of amides is 2. The Balaban J connectivity index is 2.05. The van der Waals surface area contributed by atoms with Gasteiger partial charge in [0.05, 0.1) is 6.04 Å². The summed E-state index contributed by atoms with van der Waals surface area (Å²) in [6, 6.07) is 15.9. The molecule has 5 nitrogen and oxygen atoms in total. The number of hydrogen-bond acceptors (Lipinski definition) is 3. The second kappa shape index (κ2) is 10.6. The van der Waals surface area contributed by atoms with Crippen LogP contribution in [0.25, 0.3) is 0 Å². The summed E-state index contributed by atoms with van der Waals surface area (Å²) in [5.74, 6) is -0.127. The molecule has 0 aromatic heterocycles. The molecule has 1 atom stereocenters. The standard InChI is InChI=1S/C24H33N3O2/c1-6-26(7-2)22-13-14-23(18(3)17-22)27(20(5)28)16-15-24(29)25-19(4)21-11-9-8-10-12-21/h8-14,17,19H,6-7,15-16H2,1-5H3,(H,25,29). The van der Waals surface area contributed by atoms with Gasteiger partial charge in [-0.1, -0.05) is 30.3 Å². The summed E-state index contributed by atoms with van der Waals surface area (Å²) in [7, 11) is 0. The first-order valence-electron chi connectivity index (χ1n) is 10.3. The molecule has 0 aliphatic carbocycles. The van der Waals surface area contributed by atoms with Crippen LogP contribution < -0.4 is 15.1 Å². The lowest BCUT2D eigenvalue weighted by molar-refractivity contribution is -0.121. The van der Waals surface area contributed by atoms with E-state index in [1.807, 2.05) is 56.3 Å². The summed E-state index contributed by atoms with van der Waals surface area (Å²) in [4.78, 5) is 28.7. The molecule has 0 saturated heterocycles. The Morgan fingerprint density at radius 1 is 1.03 bits per heavy atom. The van der Waals surface area contributed by atoms with Gasteiger partial charge in [0.1, 0.15) is 0 Å². The van der Waals surface area contributed by atoms with E-state index in [1.54, 1.807) is 11.8 Å². The molecule has 5 heteroatoms. The lowest BCUT2D eigenvalue weighted by Gasteiger charge is -2.26. The molecule has 0 aliphatic heterocycles. The van der Waals surface area contributed by atoms with Crippen molar-refractivity contribution in [1.82, 2.24) is 5.32 Å². The van der Waals surface area contributed by atoms with Crippen molar-refractivity contribution < 1.29 is 9.59 Å². The van der Waals surface area contributed by atoms with Crippen LogP contribution >= 0.6 is 0 Å². The highest BCUT2D eigenvalue weighted by Crippen LogP contribution is 2.26. The average molecular weight is 396 g/mol. The molecule has 0 aliphatic rings. The quantitative estimate of drug-likeness (QED) is 0.682. The number of nitrogens with one attached hydrogen (secondary N) is 1. The number of rotatable bonds is 9. The molecule has 1 N–H and O–H groups in total. The molecule has 2 aromatic carbocycles. The van der Waals surface area contributed by atoms with Crippen LogP contribution in [0.1, 0.15) is 51.3 Å². The Labute approximate surface area is 174 Å². The predicted octanol–water partition coefficient (Wildman–Crippen LogP) is 4.46. The van der Waals surface area contributed by atoms with E-state index in [0.29, 0.717) is 6.54 Å². The molecule has 2 aromatic rings. The van der Waals surface area contributed by atoms with Gasteiger partial charge >= 0.3 is 0 Å². The van der Waals surface area contributed by atoms with Crippen LogP contribution in [0.2, 0.25) is 0 Å². The van der Waals surface area contributed by atoms with Crippen molar-refractivity contribution >= 4 is 23.2 Å². The Morgan fingerprint density at radius 2 is 1.69 bits per heavy atom. The minimum Gasteiger partial charge on any atom is -0.372 e. The zero-order valence-electron chi connectivity index (χ0n) is 18.2. The van der Waals surface area contributed by atoms with E-state index in [2.05, 4.69) is 30.1 Å². The first-order valence-corrected chi connectivity index (χ1v) is 10.3. The molecule has 156 valence electrons. The number of hydrogen-bond donors (Lipinski definition) is 1. The van der Waals surface area contributed by atoms with E-state index in [-0.39, 0.29) is 24.3 Å². The zero-order chi connectivity index (χ0) is 21.4. The van der Waals surface area contributed by atoms with Crippen LogP contribution in [-0.4, -0.2) is 31.4 Å². The van der Waals surface area contributed by atoms with Crippen molar-refractivity contribution in [2.24, 2.45) is 0 Å². The van der Waals surface area contributed by atoms with Gasteiger partial charge in [-0.15, -0.1) is 0 Å². The summed E-state index contributed by atoms with van der Waals surface area (Å²) in [6.07, 6.45) is 0.258. The van der Waals surface area contributed by atoms with Crippen molar-refractivity contribution in [2.45, 2.75) is 47.1 Å². The Kier molecular flexibility index (Phi) is 8.25. The maximum atomic E-state index is 12.4. The van der Waals surface area contributed by atoms with Gasteiger partial charge in [0, 0.05) is 44.4 Å². The smallest absolute Gasteiger partial charge is 0.223 e. The van der Waals surface area contributed by atoms with Crippen LogP contribution in [0.15, 0.2) is 48.5 Å². The molecule has 29 heavy (non-hydrogen) atoms. The third kappa shape index (κ3) is 6.08. The van der Waals surface area contributed by atoms with Crippen LogP contribution in [0.3, 0.4) is 0 Å². The second-order valence-corrected chi connectivity index (χ2v) is 7.26. The van der Waals surface area contributed by atoms with Crippen molar-refractivity contribution in [3.8, 4) is 0 Å². The predicted molar refractivity (Wildman–Crippen MR) is 120 cm³/mol. The van der Waals surface area contributed by atoms with E-state index in [9.17, 15) is 9.59 Å². The summed E-state index contributed by atoms with van der Waals surface area (Å²) in [6.45, 7) is 12.0. The third-order valence-corrected chi connectivity index (χ3v) is 5.22. The fourth-order valence-electron chi connectivity index (χ4n) is 3.53. The molecule has 0 heterocycles. The molecule has 1 unspecified atom stereocenters. The minimum atomic E-state index is -0.0652. The van der Waals surface area contributed by atoms with Gasteiger partial charge in [-0.2, -0.15) is 0 Å². The molecule has 2 amide bonds. The first kappa shape index (κ1) is 22.5. The first-order chi connectivity index (χ1) is 13.9. The number of carbonyl (C=O) groups excluding carboxylic acids is 2. The number of aryl methyl sites for hydroxylation is 1. The van der Waals surface area contributed by atoms with E-state index >= 15 is 0 Å². The van der Waals surface area contributed by atoms with Gasteiger partial charge in [-0.05, 0) is 57.0 Å². The van der Waals surface area contributed by atoms with Gasteiger partial charge < -0.3 is 15.1 Å². The van der Waals surface area contributed by atoms with Gasteiger partial charge in [-0.3, -0.25) is 9.59 Å². The lowest BCUT2D eigenvalue weighted by atomic mass is 10.1. The molecule has 0 fully saturated rings. The van der Waals surface area contributed by atoms with Gasteiger partial charge in [-0.25, -0.2) is 0 Å². The van der Waals surface area contributed by atoms with Crippen molar-refractivity contribution in [3.63, 3.8) is 0 Å². The Morgan fingerprint density at radius 3 is 2.24 bits per heavy atom. The highest BCUT2D eigenvalue weighted by atomic mass is 16.2. The van der Waals surface area contributed by atoms with Gasteiger partial charge in [0.2, 0.25) is 11.8 Å². The summed E-state index contributed by atoms with van der Waals surface area (Å²) < 4.78 is 0. The van der Waals surface area contributed by atoms with Crippen molar-refractivity contribution in [1.29, 1.82) is 0 Å². The topological polar surface area (TPSA) is 52.6 Å². The fourth-order valence-corrected chi connectivity index (χ4v) is 3.53. The van der Waals surface area contributed by atoms with Crippen LogP contribution in [0.4, 0.5) is 11.4 Å². The number of anilines is 2. The average Bonchev–Trinajstić information content (AvgIpc) is 2.70. The SMILES string of the molecule is CCN(CC)c1ccc(N(CCC(=O)NC(C)c2ccccc2)C(C)=O)c(C)c1. The van der Waals surface area contributed by atoms with E-state index in [1.165, 1.54) is 0 Å². The summed E-state index contributed by atoms with van der Waals surface area (Å²) in [5.41, 5.74) is 4.10. The maximum absolute atomic E-state index is 12.4. The summed E-state index contributed by atoms with van der Waals surface area (Å²) >= 11 is 0. The Bertz CT molecular complexity index is 816. The number of carbonyl (C=O) groups is 2. The van der Waals surface area contributed by atoms with Crippen LogP contribution in [0, 0.1) is 6.92 Å². The number of nitrogens with zero attached hydrogens (tertiary/aromatic N) is 2. The maximum Gasteiger partial charge on any atom is 0.223 e. The monoisotopic (exact) mass is 395 g/mol. The zero-order valence-corrected chi connectivity index (χ0v) is 18.2. The third-order valence-electron chi connectivity index (χ3n) is 5.22. The van der Waals surface area contributed by atoms with Gasteiger partial charge in [0.25, 0.3) is 0 Å². The van der Waals surface area contributed by atoms with E-state index < -0.39 is 0 Å². The van der Waals surface area contributed by atoms with Crippen LogP contribution in [-0.2, 0) is 9.59 Å². The summed E-state index contributed by atoms with van der Waals surface area (Å²) in [5, 5.41) is 3.01. The normalized spacial score (nSPS) is 11.6. The van der Waals surface area contributed by atoms with Crippen molar-refractivity contribution in [3.05, 3.63) is 59.7 Å². The molecule has 0 saturated carbocycles. The second-order valence-electron chi connectivity index (χ2n) is 7.26. The van der Waals surface area contributed by atoms with Gasteiger partial charge in [0.15, 0.2) is 0 Å². The molecular formula is C24H33N3O2. The fraction of sp³-hybridized carbons (Fsp3) is 0.417. The highest BCUT2D eigenvalue weighted by Gasteiger charge is 2.17. The molecule has 0 radical (unpaired) electrons. The molecular weight excluding hydrogens is 362 g/mol. The van der Waals surface area contributed by atoms with Crippen molar-refractivity contribution in [2.75, 3.05) is 29.4 Å². The van der Waals surface area contributed by atoms with E-state index in [0.717, 1.165) is 35.6 Å². The molecule has 0 bridgehead atoms. The Hall–Kier alpha value is -2.82. The lowest BCUT2D eigenvalue weighted by Crippen LogP contribution is -2.35. The number of benzene rings is 2. The molecule has 2 rings (SSSR count). The van der Waals surface area contributed by atoms with E-state index in [4.69, 9.17) is 0 Å². The molecule has 0 spiro atoms. The minimum absolute atomic E-state index is 0.0624. The highest BCUT2D eigenvalue weighted by molar-refractivity contribution is 5.93.